The first-order chi connectivity index (χ1) is 11.1. The number of halogens is 1. The predicted octanol–water partition coefficient (Wildman–Crippen LogP) is 2.43. The Hall–Kier alpha value is -2.24. The second-order valence-corrected chi connectivity index (χ2v) is 5.62. The molecule has 1 amide bonds. The monoisotopic (exact) mass is 314 g/mol. The highest BCUT2D eigenvalue weighted by Crippen LogP contribution is 2.28. The molecular formula is C18H19FN2O2. The van der Waals surface area contributed by atoms with Crippen LogP contribution in [0, 0.1) is 5.82 Å². The highest BCUT2D eigenvalue weighted by Gasteiger charge is 2.31. The maximum Gasteiger partial charge on any atom is 0.239 e. The number of benzene rings is 2. The van der Waals surface area contributed by atoms with E-state index in [-0.39, 0.29) is 17.8 Å². The van der Waals surface area contributed by atoms with Crippen molar-refractivity contribution in [3.63, 3.8) is 0 Å². The van der Waals surface area contributed by atoms with Crippen molar-refractivity contribution in [3.8, 4) is 0 Å². The zero-order valence-electron chi connectivity index (χ0n) is 12.7. The normalized spacial score (nSPS) is 20.1. The SMILES string of the molecule is NC(=O)[C@@H](c1ccccc1)N1CCO[C@@H](c2ccc(F)cc2)C1. The van der Waals surface area contributed by atoms with Crippen LogP contribution in [0.2, 0.25) is 0 Å². The van der Waals surface area contributed by atoms with Crippen LogP contribution < -0.4 is 5.73 Å². The molecule has 0 bridgehead atoms. The van der Waals surface area contributed by atoms with Gasteiger partial charge in [0.05, 0.1) is 12.7 Å². The van der Waals surface area contributed by atoms with Gasteiger partial charge >= 0.3 is 0 Å². The zero-order chi connectivity index (χ0) is 16.2. The van der Waals surface area contributed by atoms with Crippen LogP contribution in [0.4, 0.5) is 4.39 Å². The van der Waals surface area contributed by atoms with Crippen LogP contribution in [0.5, 0.6) is 0 Å². The number of primary amides is 1. The molecule has 0 unspecified atom stereocenters. The number of carbonyl (C=O) groups is 1. The van der Waals surface area contributed by atoms with Crippen molar-refractivity contribution in [3.05, 3.63) is 71.5 Å². The third kappa shape index (κ3) is 3.57. The molecule has 0 radical (unpaired) electrons. The highest BCUT2D eigenvalue weighted by atomic mass is 19.1. The Kier molecular flexibility index (Phi) is 4.69. The second-order valence-electron chi connectivity index (χ2n) is 5.62. The molecule has 23 heavy (non-hydrogen) atoms. The van der Waals surface area contributed by atoms with Gasteiger partial charge in [0.2, 0.25) is 5.91 Å². The van der Waals surface area contributed by atoms with Crippen molar-refractivity contribution >= 4 is 5.91 Å². The summed E-state index contributed by atoms with van der Waals surface area (Å²) in [7, 11) is 0. The molecule has 1 heterocycles. The fraction of sp³-hybridized carbons (Fsp3) is 0.278. The number of nitrogens with zero attached hydrogens (tertiary/aromatic N) is 1. The molecule has 0 saturated carbocycles. The fourth-order valence-electron chi connectivity index (χ4n) is 2.97. The molecule has 2 aromatic carbocycles. The molecule has 1 aliphatic rings. The molecule has 1 aliphatic heterocycles. The van der Waals surface area contributed by atoms with Crippen molar-refractivity contribution in [1.82, 2.24) is 4.90 Å². The summed E-state index contributed by atoms with van der Waals surface area (Å²) in [6.07, 6.45) is -0.199. The number of hydrogen-bond donors (Lipinski definition) is 1. The molecule has 5 heteroatoms. The van der Waals surface area contributed by atoms with Gasteiger partial charge in [-0.05, 0) is 23.3 Å². The standard InChI is InChI=1S/C18H19FN2O2/c19-15-8-6-13(7-9-15)16-12-21(10-11-23-16)17(18(20)22)14-4-2-1-3-5-14/h1-9,16-17H,10-12H2,(H2,20,22)/t16-,17-/m1/s1. The van der Waals surface area contributed by atoms with E-state index in [1.807, 2.05) is 35.2 Å². The van der Waals surface area contributed by atoms with Gasteiger partial charge in [-0.15, -0.1) is 0 Å². The zero-order valence-corrected chi connectivity index (χ0v) is 12.7. The lowest BCUT2D eigenvalue weighted by Crippen LogP contribution is -2.45. The lowest BCUT2D eigenvalue weighted by atomic mass is 10.0. The maximum absolute atomic E-state index is 13.1. The maximum atomic E-state index is 13.1. The number of morpholine rings is 1. The summed E-state index contributed by atoms with van der Waals surface area (Å²) in [5.74, 6) is -0.656. The van der Waals surface area contributed by atoms with E-state index in [0.29, 0.717) is 19.7 Å². The molecule has 0 aromatic heterocycles. The van der Waals surface area contributed by atoms with E-state index >= 15 is 0 Å². The summed E-state index contributed by atoms with van der Waals surface area (Å²) in [4.78, 5) is 14.0. The van der Waals surface area contributed by atoms with Gasteiger partial charge in [-0.25, -0.2) is 4.39 Å². The third-order valence-corrected chi connectivity index (χ3v) is 4.09. The van der Waals surface area contributed by atoms with Crippen LogP contribution in [0.3, 0.4) is 0 Å². The van der Waals surface area contributed by atoms with Crippen LogP contribution in [0.1, 0.15) is 23.3 Å². The number of nitrogens with two attached hydrogens (primary N) is 1. The largest absolute Gasteiger partial charge is 0.371 e. The molecule has 2 N–H and O–H groups in total. The van der Waals surface area contributed by atoms with Gasteiger partial charge in [0.1, 0.15) is 11.9 Å². The van der Waals surface area contributed by atoms with Gasteiger partial charge in [0, 0.05) is 13.1 Å². The smallest absolute Gasteiger partial charge is 0.239 e. The lowest BCUT2D eigenvalue weighted by molar-refractivity contribution is -0.127. The number of ether oxygens (including phenoxy) is 1. The van der Waals surface area contributed by atoms with E-state index in [1.165, 1.54) is 12.1 Å². The summed E-state index contributed by atoms with van der Waals surface area (Å²) < 4.78 is 18.9. The molecule has 0 spiro atoms. The molecule has 3 rings (SSSR count). The van der Waals surface area contributed by atoms with E-state index in [0.717, 1.165) is 11.1 Å². The molecule has 0 aliphatic carbocycles. The molecule has 2 aromatic rings. The van der Waals surface area contributed by atoms with Gasteiger partial charge in [-0.2, -0.15) is 0 Å². The Morgan fingerprint density at radius 3 is 2.52 bits per heavy atom. The van der Waals surface area contributed by atoms with E-state index < -0.39 is 6.04 Å². The van der Waals surface area contributed by atoms with E-state index in [2.05, 4.69) is 0 Å². The van der Waals surface area contributed by atoms with Gasteiger partial charge in [-0.1, -0.05) is 42.5 Å². The Morgan fingerprint density at radius 1 is 1.17 bits per heavy atom. The number of rotatable bonds is 4. The van der Waals surface area contributed by atoms with E-state index in [4.69, 9.17) is 10.5 Å². The Labute approximate surface area is 134 Å². The van der Waals surface area contributed by atoms with Crippen LogP contribution in [0.25, 0.3) is 0 Å². The first kappa shape index (κ1) is 15.6. The predicted molar refractivity (Wildman–Crippen MR) is 85.0 cm³/mol. The van der Waals surface area contributed by atoms with Crippen molar-refractivity contribution in [2.24, 2.45) is 5.73 Å². The van der Waals surface area contributed by atoms with Gasteiger partial charge in [0.15, 0.2) is 0 Å². The number of carbonyl (C=O) groups excluding carboxylic acids is 1. The van der Waals surface area contributed by atoms with Gasteiger partial charge in [0.25, 0.3) is 0 Å². The second kappa shape index (κ2) is 6.89. The lowest BCUT2D eigenvalue weighted by Gasteiger charge is -2.37. The number of amides is 1. The topological polar surface area (TPSA) is 55.6 Å². The molecule has 2 atom stereocenters. The molecule has 120 valence electrons. The minimum Gasteiger partial charge on any atom is -0.371 e. The number of hydrogen-bond acceptors (Lipinski definition) is 3. The highest BCUT2D eigenvalue weighted by molar-refractivity contribution is 5.81. The fourth-order valence-corrected chi connectivity index (χ4v) is 2.97. The van der Waals surface area contributed by atoms with Gasteiger partial charge < -0.3 is 10.5 Å². The van der Waals surface area contributed by atoms with Crippen molar-refractivity contribution in [2.45, 2.75) is 12.1 Å². The summed E-state index contributed by atoms with van der Waals surface area (Å²) in [5, 5.41) is 0. The summed E-state index contributed by atoms with van der Waals surface area (Å²) >= 11 is 0. The Bertz CT molecular complexity index is 660. The summed E-state index contributed by atoms with van der Waals surface area (Å²) in [6.45, 7) is 1.66. The quantitative estimate of drug-likeness (QED) is 0.943. The average Bonchev–Trinajstić information content (AvgIpc) is 2.57. The van der Waals surface area contributed by atoms with Crippen molar-refractivity contribution < 1.29 is 13.9 Å². The molecule has 1 saturated heterocycles. The van der Waals surface area contributed by atoms with Crippen molar-refractivity contribution in [2.75, 3.05) is 19.7 Å². The van der Waals surface area contributed by atoms with Crippen LogP contribution in [0.15, 0.2) is 54.6 Å². The minimum atomic E-state index is -0.483. The van der Waals surface area contributed by atoms with E-state index in [1.54, 1.807) is 12.1 Å². The van der Waals surface area contributed by atoms with Crippen LogP contribution >= 0.6 is 0 Å². The van der Waals surface area contributed by atoms with Crippen LogP contribution in [-0.4, -0.2) is 30.5 Å². The first-order valence-electron chi connectivity index (χ1n) is 7.60. The summed E-state index contributed by atoms with van der Waals surface area (Å²) in [6, 6.07) is 15.3. The third-order valence-electron chi connectivity index (χ3n) is 4.09. The molecule has 1 fully saturated rings. The summed E-state index contributed by atoms with van der Waals surface area (Å²) in [5.41, 5.74) is 7.40. The molecule has 4 nitrogen and oxygen atoms in total. The Morgan fingerprint density at radius 2 is 1.87 bits per heavy atom. The minimum absolute atomic E-state index is 0.199. The average molecular weight is 314 g/mol. The molecular weight excluding hydrogens is 295 g/mol. The van der Waals surface area contributed by atoms with Crippen LogP contribution in [-0.2, 0) is 9.53 Å². The Balaban J connectivity index is 1.81. The van der Waals surface area contributed by atoms with E-state index in [9.17, 15) is 9.18 Å². The van der Waals surface area contributed by atoms with Crippen molar-refractivity contribution in [1.29, 1.82) is 0 Å². The van der Waals surface area contributed by atoms with Gasteiger partial charge in [-0.3, -0.25) is 9.69 Å². The first-order valence-corrected chi connectivity index (χ1v) is 7.60.